The van der Waals surface area contributed by atoms with Gasteiger partial charge in [0, 0.05) is 24.3 Å². The number of benzene rings is 2. The van der Waals surface area contributed by atoms with E-state index in [4.69, 9.17) is 22.4 Å². The van der Waals surface area contributed by atoms with E-state index < -0.39 is 11.8 Å². The van der Waals surface area contributed by atoms with Crippen LogP contribution in [0.3, 0.4) is 0 Å². The number of anilines is 2. The van der Waals surface area contributed by atoms with Crippen LogP contribution in [0.1, 0.15) is 15.9 Å². The highest BCUT2D eigenvalue weighted by Gasteiger charge is 2.16. The van der Waals surface area contributed by atoms with Gasteiger partial charge in [0.1, 0.15) is 5.82 Å². The molecule has 2 rings (SSSR count). The van der Waals surface area contributed by atoms with Gasteiger partial charge in [0.25, 0.3) is 0 Å². The summed E-state index contributed by atoms with van der Waals surface area (Å²) in [7, 11) is 1.66. The Kier molecular flexibility index (Phi) is 4.33. The minimum Gasteiger partial charge on any atom is -0.478 e. The van der Waals surface area contributed by atoms with Gasteiger partial charge in [-0.2, -0.15) is 0 Å². The number of aromatic carboxylic acids is 1. The maximum absolute atomic E-state index is 14.0. The molecule has 0 radical (unpaired) electrons. The molecule has 2 aromatic rings. The molecule has 21 heavy (non-hydrogen) atoms. The Morgan fingerprint density at radius 2 is 2.05 bits per heavy atom. The minimum atomic E-state index is -1.19. The summed E-state index contributed by atoms with van der Waals surface area (Å²) in [5.74, 6) is -1.77. The summed E-state index contributed by atoms with van der Waals surface area (Å²) in [5, 5.41) is 9.62. The van der Waals surface area contributed by atoms with Crippen molar-refractivity contribution < 1.29 is 14.3 Å². The molecule has 0 heterocycles. The van der Waals surface area contributed by atoms with Crippen molar-refractivity contribution in [2.45, 2.75) is 6.54 Å². The number of nitrogens with zero attached hydrogens (tertiary/aromatic N) is 1. The highest BCUT2D eigenvalue weighted by molar-refractivity contribution is 6.31. The molecule has 0 aromatic heterocycles. The first-order valence-corrected chi connectivity index (χ1v) is 6.54. The van der Waals surface area contributed by atoms with Gasteiger partial charge in [-0.15, -0.1) is 0 Å². The van der Waals surface area contributed by atoms with E-state index in [0.29, 0.717) is 11.6 Å². The van der Waals surface area contributed by atoms with E-state index in [0.717, 1.165) is 11.6 Å². The smallest absolute Gasteiger partial charge is 0.337 e. The van der Waals surface area contributed by atoms with E-state index in [1.54, 1.807) is 24.1 Å². The van der Waals surface area contributed by atoms with Crippen LogP contribution in [-0.4, -0.2) is 18.1 Å². The van der Waals surface area contributed by atoms with Crippen molar-refractivity contribution in [2.75, 3.05) is 17.7 Å². The third-order valence-corrected chi connectivity index (χ3v) is 3.49. The molecule has 6 heteroatoms. The van der Waals surface area contributed by atoms with Crippen molar-refractivity contribution >= 4 is 28.9 Å². The predicted molar refractivity (Wildman–Crippen MR) is 81.3 cm³/mol. The number of nitrogen functional groups attached to an aromatic ring is 1. The van der Waals surface area contributed by atoms with Crippen LogP contribution >= 0.6 is 11.6 Å². The predicted octanol–water partition coefficient (Wildman–Crippen LogP) is 3.40. The molecule has 4 nitrogen and oxygen atoms in total. The molecular formula is C15H14ClFN2O2. The molecule has 0 aliphatic rings. The van der Waals surface area contributed by atoms with E-state index in [1.807, 2.05) is 12.1 Å². The molecule has 0 atom stereocenters. The minimum absolute atomic E-state index is 0.102. The van der Waals surface area contributed by atoms with Gasteiger partial charge in [-0.25, -0.2) is 9.18 Å². The van der Waals surface area contributed by atoms with Gasteiger partial charge in [0.05, 0.1) is 11.3 Å². The zero-order valence-corrected chi connectivity index (χ0v) is 12.1. The molecule has 0 saturated carbocycles. The monoisotopic (exact) mass is 308 g/mol. The van der Waals surface area contributed by atoms with Gasteiger partial charge in [-0.3, -0.25) is 0 Å². The summed E-state index contributed by atoms with van der Waals surface area (Å²) in [5.41, 5.74) is 6.25. The zero-order chi connectivity index (χ0) is 15.6. The molecular weight excluding hydrogens is 295 g/mol. The SMILES string of the molecule is CN(Cc1ccccc1Cl)c1cc(C(=O)O)c(N)cc1F. The Labute approximate surface area is 126 Å². The summed E-state index contributed by atoms with van der Waals surface area (Å²) in [6, 6.07) is 9.44. The second-order valence-corrected chi connectivity index (χ2v) is 5.05. The molecule has 0 spiro atoms. The largest absolute Gasteiger partial charge is 0.478 e. The van der Waals surface area contributed by atoms with E-state index >= 15 is 0 Å². The Morgan fingerprint density at radius 1 is 1.38 bits per heavy atom. The van der Waals surface area contributed by atoms with Gasteiger partial charge in [0.15, 0.2) is 0 Å². The van der Waals surface area contributed by atoms with Crippen LogP contribution in [0.5, 0.6) is 0 Å². The molecule has 0 fully saturated rings. The van der Waals surface area contributed by atoms with Crippen LogP contribution in [0.15, 0.2) is 36.4 Å². The number of hydrogen-bond acceptors (Lipinski definition) is 3. The molecule has 0 amide bonds. The lowest BCUT2D eigenvalue weighted by atomic mass is 10.1. The van der Waals surface area contributed by atoms with Crippen molar-refractivity contribution in [3.05, 3.63) is 58.4 Å². The zero-order valence-electron chi connectivity index (χ0n) is 11.3. The van der Waals surface area contributed by atoms with Gasteiger partial charge in [0.2, 0.25) is 0 Å². The number of hydrogen-bond donors (Lipinski definition) is 2. The van der Waals surface area contributed by atoms with Gasteiger partial charge in [-0.05, 0) is 23.8 Å². The highest BCUT2D eigenvalue weighted by Crippen LogP contribution is 2.27. The summed E-state index contributed by atoms with van der Waals surface area (Å²) >= 11 is 6.07. The van der Waals surface area contributed by atoms with E-state index in [9.17, 15) is 9.18 Å². The molecule has 110 valence electrons. The van der Waals surface area contributed by atoms with E-state index in [1.165, 1.54) is 6.07 Å². The van der Waals surface area contributed by atoms with Crippen molar-refractivity contribution in [3.8, 4) is 0 Å². The van der Waals surface area contributed by atoms with Crippen LogP contribution < -0.4 is 10.6 Å². The van der Waals surface area contributed by atoms with Crippen LogP contribution in [0.4, 0.5) is 15.8 Å². The highest BCUT2D eigenvalue weighted by atomic mass is 35.5. The van der Waals surface area contributed by atoms with Crippen LogP contribution in [0.25, 0.3) is 0 Å². The Balaban J connectivity index is 2.35. The Hall–Kier alpha value is -2.27. The van der Waals surface area contributed by atoms with Gasteiger partial charge < -0.3 is 15.7 Å². The van der Waals surface area contributed by atoms with Crippen LogP contribution in [-0.2, 0) is 6.54 Å². The van der Waals surface area contributed by atoms with Crippen molar-refractivity contribution in [3.63, 3.8) is 0 Å². The summed E-state index contributed by atoms with van der Waals surface area (Å²) in [6.07, 6.45) is 0. The van der Waals surface area contributed by atoms with E-state index in [-0.39, 0.29) is 16.9 Å². The number of carboxylic acids is 1. The molecule has 0 bridgehead atoms. The fraction of sp³-hybridized carbons (Fsp3) is 0.133. The number of nitrogens with two attached hydrogens (primary N) is 1. The molecule has 0 aliphatic heterocycles. The Morgan fingerprint density at radius 3 is 2.67 bits per heavy atom. The second kappa shape index (κ2) is 6.01. The molecule has 3 N–H and O–H groups in total. The number of carboxylic acid groups (broad SMARTS) is 1. The van der Waals surface area contributed by atoms with Crippen molar-refractivity contribution in [1.82, 2.24) is 0 Å². The maximum Gasteiger partial charge on any atom is 0.337 e. The van der Waals surface area contributed by atoms with Crippen LogP contribution in [0.2, 0.25) is 5.02 Å². The lowest BCUT2D eigenvalue weighted by molar-refractivity contribution is 0.0698. The number of halogens is 2. The fourth-order valence-electron chi connectivity index (χ4n) is 2.02. The Bertz CT molecular complexity index is 691. The fourth-order valence-corrected chi connectivity index (χ4v) is 2.22. The first-order chi connectivity index (χ1) is 9.90. The van der Waals surface area contributed by atoms with Crippen molar-refractivity contribution in [1.29, 1.82) is 0 Å². The van der Waals surface area contributed by atoms with Crippen molar-refractivity contribution in [2.24, 2.45) is 0 Å². The second-order valence-electron chi connectivity index (χ2n) is 4.64. The van der Waals surface area contributed by atoms with E-state index in [2.05, 4.69) is 0 Å². The summed E-state index contributed by atoms with van der Waals surface area (Å²) in [6.45, 7) is 0.347. The lowest BCUT2D eigenvalue weighted by Crippen LogP contribution is -2.19. The normalized spacial score (nSPS) is 10.4. The third kappa shape index (κ3) is 3.25. The number of rotatable bonds is 4. The summed E-state index contributed by atoms with van der Waals surface area (Å²) in [4.78, 5) is 12.7. The first-order valence-electron chi connectivity index (χ1n) is 6.17. The molecule has 0 aliphatic carbocycles. The average Bonchev–Trinajstić information content (AvgIpc) is 2.40. The van der Waals surface area contributed by atoms with Gasteiger partial charge in [-0.1, -0.05) is 29.8 Å². The first kappa shape index (κ1) is 15.1. The summed E-state index contributed by atoms with van der Waals surface area (Å²) < 4.78 is 14.0. The van der Waals surface area contributed by atoms with Crippen LogP contribution in [0, 0.1) is 5.82 Å². The quantitative estimate of drug-likeness (QED) is 0.850. The maximum atomic E-state index is 14.0. The average molecular weight is 309 g/mol. The third-order valence-electron chi connectivity index (χ3n) is 3.13. The lowest BCUT2D eigenvalue weighted by Gasteiger charge is -2.21. The standard InChI is InChI=1S/C15H14ClFN2O2/c1-19(8-9-4-2-3-5-11(9)16)14-6-10(15(20)21)13(18)7-12(14)17/h2-7H,8,18H2,1H3,(H,20,21). The molecule has 0 saturated heterocycles. The molecule has 0 unspecified atom stereocenters. The van der Waals surface area contributed by atoms with Gasteiger partial charge >= 0.3 is 5.97 Å². The molecule has 2 aromatic carbocycles. The number of carbonyl (C=O) groups is 1. The topological polar surface area (TPSA) is 66.6 Å².